The molecule has 0 saturated heterocycles. The molecule has 1 aliphatic rings. The summed E-state index contributed by atoms with van der Waals surface area (Å²) in [6.07, 6.45) is 2.10. The van der Waals surface area contributed by atoms with Gasteiger partial charge in [-0.25, -0.2) is 8.42 Å². The highest BCUT2D eigenvalue weighted by Crippen LogP contribution is 2.27. The Bertz CT molecular complexity index is 930. The largest absolute Gasteiger partial charge is 0.492 e. The Morgan fingerprint density at radius 3 is 2.54 bits per heavy atom. The summed E-state index contributed by atoms with van der Waals surface area (Å²) in [7, 11) is -3.95. The van der Waals surface area contributed by atoms with Gasteiger partial charge in [0.15, 0.2) is 0 Å². The number of rotatable bonds is 9. The van der Waals surface area contributed by atoms with E-state index in [1.807, 2.05) is 37.3 Å². The van der Waals surface area contributed by atoms with Crippen LogP contribution in [0.25, 0.3) is 0 Å². The molecule has 1 amide bonds. The van der Waals surface area contributed by atoms with Gasteiger partial charge in [-0.15, -0.1) is 0 Å². The quantitative estimate of drug-likeness (QED) is 0.650. The average Bonchev–Trinajstić information content (AvgIpc) is 3.47. The van der Waals surface area contributed by atoms with Crippen molar-refractivity contribution in [2.45, 2.75) is 43.2 Å². The Morgan fingerprint density at radius 2 is 1.93 bits per heavy atom. The van der Waals surface area contributed by atoms with Crippen molar-refractivity contribution in [3.05, 3.63) is 59.1 Å². The SMILES string of the molecule is CCOc1ccc(S(=O)(=O)N[C@H](Cc2ccccc2)C(=O)NC2CC2)cc1Cl. The van der Waals surface area contributed by atoms with Crippen molar-refractivity contribution in [3.8, 4) is 5.75 Å². The van der Waals surface area contributed by atoms with Crippen molar-refractivity contribution in [1.82, 2.24) is 10.0 Å². The highest BCUT2D eigenvalue weighted by molar-refractivity contribution is 7.89. The van der Waals surface area contributed by atoms with Gasteiger partial charge >= 0.3 is 0 Å². The molecule has 0 aromatic heterocycles. The van der Waals surface area contributed by atoms with Crippen LogP contribution in [0.4, 0.5) is 0 Å². The lowest BCUT2D eigenvalue weighted by molar-refractivity contribution is -0.122. The highest BCUT2D eigenvalue weighted by Gasteiger charge is 2.31. The van der Waals surface area contributed by atoms with E-state index in [1.54, 1.807) is 0 Å². The van der Waals surface area contributed by atoms with Crippen LogP contribution in [-0.2, 0) is 21.2 Å². The van der Waals surface area contributed by atoms with Crippen LogP contribution in [0.15, 0.2) is 53.4 Å². The van der Waals surface area contributed by atoms with Crippen LogP contribution in [0.5, 0.6) is 5.75 Å². The summed E-state index contributed by atoms with van der Waals surface area (Å²) in [4.78, 5) is 12.6. The zero-order chi connectivity index (χ0) is 20.1. The number of nitrogens with one attached hydrogen (secondary N) is 2. The van der Waals surface area contributed by atoms with Gasteiger partial charge in [0, 0.05) is 6.04 Å². The van der Waals surface area contributed by atoms with Crippen molar-refractivity contribution in [2.75, 3.05) is 6.61 Å². The summed E-state index contributed by atoms with van der Waals surface area (Å²) in [5.41, 5.74) is 0.867. The first-order valence-electron chi connectivity index (χ1n) is 9.18. The third-order valence-corrected chi connectivity index (χ3v) is 6.10. The van der Waals surface area contributed by atoms with Gasteiger partial charge < -0.3 is 10.1 Å². The van der Waals surface area contributed by atoms with Crippen LogP contribution in [0, 0.1) is 0 Å². The van der Waals surface area contributed by atoms with Crippen LogP contribution in [0.2, 0.25) is 5.02 Å². The molecule has 0 spiro atoms. The van der Waals surface area contributed by atoms with Gasteiger partial charge in [-0.1, -0.05) is 41.9 Å². The molecule has 150 valence electrons. The topological polar surface area (TPSA) is 84.5 Å². The standard InChI is InChI=1S/C20H23ClN2O4S/c1-2-27-19-11-10-16(13-17(19)21)28(25,26)23-18(20(24)22-15-8-9-15)12-14-6-4-3-5-7-14/h3-7,10-11,13,15,18,23H,2,8-9,12H2,1H3,(H,22,24)/t18-/m1/s1. The number of carbonyl (C=O) groups is 1. The van der Waals surface area contributed by atoms with E-state index in [0.717, 1.165) is 18.4 Å². The average molecular weight is 423 g/mol. The van der Waals surface area contributed by atoms with Gasteiger partial charge in [0.05, 0.1) is 16.5 Å². The summed E-state index contributed by atoms with van der Waals surface area (Å²) in [6, 6.07) is 12.8. The molecule has 2 aromatic rings. The van der Waals surface area contributed by atoms with Gasteiger partial charge in [-0.05, 0) is 49.9 Å². The molecule has 2 N–H and O–H groups in total. The molecular weight excluding hydrogens is 400 g/mol. The fourth-order valence-corrected chi connectivity index (χ4v) is 4.26. The monoisotopic (exact) mass is 422 g/mol. The molecule has 6 nitrogen and oxygen atoms in total. The molecule has 1 atom stereocenters. The van der Waals surface area contributed by atoms with E-state index < -0.39 is 16.1 Å². The van der Waals surface area contributed by atoms with Gasteiger partial charge in [0.1, 0.15) is 11.8 Å². The second-order valence-corrected chi connectivity index (χ2v) is 8.79. The maximum atomic E-state index is 12.9. The zero-order valence-electron chi connectivity index (χ0n) is 15.5. The summed E-state index contributed by atoms with van der Waals surface area (Å²) in [6.45, 7) is 2.24. The maximum absolute atomic E-state index is 12.9. The van der Waals surface area contributed by atoms with Crippen LogP contribution in [-0.4, -0.2) is 33.0 Å². The van der Waals surface area contributed by atoms with E-state index in [2.05, 4.69) is 10.0 Å². The minimum Gasteiger partial charge on any atom is -0.492 e. The molecule has 1 saturated carbocycles. The number of ether oxygens (including phenoxy) is 1. The van der Waals surface area contributed by atoms with Gasteiger partial charge in [-0.2, -0.15) is 4.72 Å². The molecule has 3 rings (SSSR count). The van der Waals surface area contributed by atoms with E-state index in [-0.39, 0.29) is 28.3 Å². The fraction of sp³-hybridized carbons (Fsp3) is 0.350. The molecule has 0 aliphatic heterocycles. The predicted octanol–water partition coefficient (Wildman–Crippen LogP) is 2.91. The van der Waals surface area contributed by atoms with E-state index >= 15 is 0 Å². The molecule has 0 unspecified atom stereocenters. The number of amides is 1. The fourth-order valence-electron chi connectivity index (χ4n) is 2.74. The van der Waals surface area contributed by atoms with Crippen molar-refractivity contribution < 1.29 is 17.9 Å². The van der Waals surface area contributed by atoms with Crippen molar-refractivity contribution >= 4 is 27.5 Å². The first-order valence-corrected chi connectivity index (χ1v) is 11.0. The second-order valence-electron chi connectivity index (χ2n) is 6.67. The minimum atomic E-state index is -3.95. The molecule has 2 aromatic carbocycles. The number of hydrogen-bond donors (Lipinski definition) is 2. The normalized spacial score (nSPS) is 15.1. The molecule has 8 heteroatoms. The summed E-state index contributed by atoms with van der Waals surface area (Å²) in [5, 5.41) is 3.07. The Hall–Kier alpha value is -2.09. The lowest BCUT2D eigenvalue weighted by Gasteiger charge is -2.19. The number of sulfonamides is 1. The molecule has 0 bridgehead atoms. The van der Waals surface area contributed by atoms with Crippen LogP contribution in [0.1, 0.15) is 25.3 Å². The van der Waals surface area contributed by atoms with E-state index in [0.29, 0.717) is 12.4 Å². The molecule has 28 heavy (non-hydrogen) atoms. The first-order chi connectivity index (χ1) is 13.4. The molecule has 0 heterocycles. The molecular formula is C20H23ClN2O4S. The molecule has 1 fully saturated rings. The predicted molar refractivity (Wildman–Crippen MR) is 108 cm³/mol. The van der Waals surface area contributed by atoms with E-state index in [4.69, 9.17) is 16.3 Å². The maximum Gasteiger partial charge on any atom is 0.241 e. The zero-order valence-corrected chi connectivity index (χ0v) is 17.1. The van der Waals surface area contributed by atoms with Crippen molar-refractivity contribution in [1.29, 1.82) is 0 Å². The van der Waals surface area contributed by atoms with Gasteiger partial charge in [0.2, 0.25) is 15.9 Å². The third kappa shape index (κ3) is 5.47. The van der Waals surface area contributed by atoms with Crippen LogP contribution >= 0.6 is 11.6 Å². The summed E-state index contributed by atoms with van der Waals surface area (Å²) in [5.74, 6) is 0.0855. The van der Waals surface area contributed by atoms with Crippen molar-refractivity contribution in [3.63, 3.8) is 0 Å². The van der Waals surface area contributed by atoms with E-state index in [9.17, 15) is 13.2 Å². The number of carbonyl (C=O) groups excluding carboxylic acids is 1. The van der Waals surface area contributed by atoms with E-state index in [1.165, 1.54) is 18.2 Å². The van der Waals surface area contributed by atoms with Crippen LogP contribution in [0.3, 0.4) is 0 Å². The summed E-state index contributed by atoms with van der Waals surface area (Å²) >= 11 is 6.12. The molecule has 1 aliphatic carbocycles. The third-order valence-electron chi connectivity index (χ3n) is 4.33. The Morgan fingerprint density at radius 1 is 1.21 bits per heavy atom. The van der Waals surface area contributed by atoms with Gasteiger partial charge in [-0.3, -0.25) is 4.79 Å². The summed E-state index contributed by atoms with van der Waals surface area (Å²) < 4.78 is 33.6. The number of benzene rings is 2. The Labute approximate surface area is 170 Å². The van der Waals surface area contributed by atoms with Crippen molar-refractivity contribution in [2.24, 2.45) is 0 Å². The minimum absolute atomic E-state index is 0.0155. The number of halogens is 1. The second kappa shape index (κ2) is 8.94. The first kappa shape index (κ1) is 20.6. The number of hydrogen-bond acceptors (Lipinski definition) is 4. The smallest absolute Gasteiger partial charge is 0.241 e. The molecule has 0 radical (unpaired) electrons. The lowest BCUT2D eigenvalue weighted by atomic mass is 10.1. The Balaban J connectivity index is 1.81. The lowest BCUT2D eigenvalue weighted by Crippen LogP contribution is -2.48. The Kier molecular flexibility index (Phi) is 6.59. The van der Waals surface area contributed by atoms with Crippen LogP contribution < -0.4 is 14.8 Å². The highest BCUT2D eigenvalue weighted by atomic mass is 35.5. The van der Waals surface area contributed by atoms with Gasteiger partial charge in [0.25, 0.3) is 0 Å².